The first-order valence-corrected chi connectivity index (χ1v) is 7.51. The Morgan fingerprint density at radius 3 is 2.64 bits per heavy atom. The minimum Gasteiger partial charge on any atom is -0.469 e. The number of rotatable bonds is 4. The fourth-order valence-electron chi connectivity index (χ4n) is 2.62. The van der Waals surface area contributed by atoms with E-state index in [9.17, 15) is 14.4 Å². The average molecular weight is 344 g/mol. The maximum atomic E-state index is 12.5. The zero-order valence-electron chi connectivity index (χ0n) is 11.9. The van der Waals surface area contributed by atoms with E-state index in [1.165, 1.54) is 7.11 Å². The molecule has 1 aromatic carbocycles. The highest BCUT2D eigenvalue weighted by Crippen LogP contribution is 2.39. The van der Waals surface area contributed by atoms with Crippen LogP contribution in [0.1, 0.15) is 31.2 Å². The van der Waals surface area contributed by atoms with Crippen molar-refractivity contribution >= 4 is 41.0 Å². The lowest BCUT2D eigenvalue weighted by Gasteiger charge is -2.35. The lowest BCUT2D eigenvalue weighted by atomic mass is 9.70. The molecule has 5 nitrogen and oxygen atoms in total. The second kappa shape index (κ2) is 6.67. The Morgan fingerprint density at radius 2 is 2.05 bits per heavy atom. The van der Waals surface area contributed by atoms with Crippen LogP contribution in [0.2, 0.25) is 10.0 Å². The number of hydrogen-bond acceptors (Lipinski definition) is 4. The quantitative estimate of drug-likeness (QED) is 0.673. The molecule has 118 valence electrons. The van der Waals surface area contributed by atoms with Crippen molar-refractivity contribution in [3.05, 3.63) is 33.8 Å². The van der Waals surface area contributed by atoms with Crippen molar-refractivity contribution < 1.29 is 19.1 Å². The van der Waals surface area contributed by atoms with E-state index in [0.717, 1.165) is 0 Å². The fraction of sp³-hybridized carbons (Fsp3) is 0.400. The molecule has 0 bridgehead atoms. The lowest BCUT2D eigenvalue weighted by molar-refractivity contribution is -0.142. The van der Waals surface area contributed by atoms with Gasteiger partial charge >= 0.3 is 5.97 Å². The number of ether oxygens (including phenoxy) is 1. The summed E-state index contributed by atoms with van der Waals surface area (Å²) in [5.74, 6) is -1.16. The Morgan fingerprint density at radius 1 is 1.32 bits per heavy atom. The van der Waals surface area contributed by atoms with Crippen LogP contribution in [-0.2, 0) is 24.5 Å². The number of nitrogens with one attached hydrogen (secondary N) is 1. The Hall–Kier alpha value is -1.59. The number of hydrogen-bond donors (Lipinski definition) is 1. The Balaban J connectivity index is 2.40. The molecule has 0 aliphatic carbocycles. The van der Waals surface area contributed by atoms with Crippen molar-refractivity contribution in [1.82, 2.24) is 5.32 Å². The van der Waals surface area contributed by atoms with Crippen molar-refractivity contribution in [1.29, 1.82) is 0 Å². The maximum absolute atomic E-state index is 12.5. The van der Waals surface area contributed by atoms with Gasteiger partial charge in [-0.25, -0.2) is 0 Å². The second-order valence-corrected chi connectivity index (χ2v) is 5.98. The first kappa shape index (κ1) is 16.8. The van der Waals surface area contributed by atoms with Gasteiger partial charge in [-0.05, 0) is 30.5 Å². The van der Waals surface area contributed by atoms with Gasteiger partial charge in [-0.3, -0.25) is 19.7 Å². The molecule has 0 saturated carbocycles. The third-order valence-electron chi connectivity index (χ3n) is 3.92. The van der Waals surface area contributed by atoms with Crippen molar-refractivity contribution in [2.24, 2.45) is 0 Å². The van der Waals surface area contributed by atoms with Crippen LogP contribution in [0.5, 0.6) is 0 Å². The molecule has 1 aliphatic heterocycles. The topological polar surface area (TPSA) is 72.5 Å². The van der Waals surface area contributed by atoms with E-state index in [2.05, 4.69) is 10.1 Å². The van der Waals surface area contributed by atoms with Crippen LogP contribution in [0.25, 0.3) is 0 Å². The van der Waals surface area contributed by atoms with Crippen LogP contribution in [0.15, 0.2) is 18.2 Å². The van der Waals surface area contributed by atoms with Gasteiger partial charge in [0.25, 0.3) is 0 Å². The third kappa shape index (κ3) is 3.25. The highest BCUT2D eigenvalue weighted by molar-refractivity contribution is 6.42. The summed E-state index contributed by atoms with van der Waals surface area (Å²) < 4.78 is 4.64. The van der Waals surface area contributed by atoms with Crippen LogP contribution >= 0.6 is 23.2 Å². The van der Waals surface area contributed by atoms with Gasteiger partial charge in [0.15, 0.2) is 0 Å². The van der Waals surface area contributed by atoms with Gasteiger partial charge in [-0.15, -0.1) is 0 Å². The number of imide groups is 1. The SMILES string of the molecule is COC(=O)CC[C@]1(c2ccc(Cl)c(Cl)c2)CCC(=O)NC1=O. The van der Waals surface area contributed by atoms with Crippen molar-refractivity contribution in [3.8, 4) is 0 Å². The summed E-state index contributed by atoms with van der Waals surface area (Å²) in [6.07, 6.45) is 0.814. The smallest absolute Gasteiger partial charge is 0.305 e. The number of carbonyl (C=O) groups excluding carboxylic acids is 3. The number of carbonyl (C=O) groups is 3. The molecule has 1 N–H and O–H groups in total. The van der Waals surface area contributed by atoms with Crippen LogP contribution in [0, 0.1) is 0 Å². The Bertz CT molecular complexity index is 632. The molecule has 7 heteroatoms. The van der Waals surface area contributed by atoms with Gasteiger partial charge in [0, 0.05) is 12.8 Å². The summed E-state index contributed by atoms with van der Waals surface area (Å²) in [6.45, 7) is 0. The summed E-state index contributed by atoms with van der Waals surface area (Å²) in [6, 6.07) is 4.90. The van der Waals surface area contributed by atoms with E-state index in [1.54, 1.807) is 18.2 Å². The fourth-order valence-corrected chi connectivity index (χ4v) is 2.92. The standard InChI is InChI=1S/C15H15Cl2NO4/c1-22-13(20)5-7-15(6-4-12(19)18-14(15)21)9-2-3-10(16)11(17)8-9/h2-3,8H,4-7H2,1H3,(H,18,19,21)/t15-/m0/s1. The van der Waals surface area contributed by atoms with Gasteiger partial charge in [0.1, 0.15) is 0 Å². The highest BCUT2D eigenvalue weighted by Gasteiger charge is 2.44. The van der Waals surface area contributed by atoms with Gasteiger partial charge in [-0.2, -0.15) is 0 Å². The minimum absolute atomic E-state index is 0.0678. The zero-order valence-corrected chi connectivity index (χ0v) is 13.5. The maximum Gasteiger partial charge on any atom is 0.305 e. The van der Waals surface area contributed by atoms with Crippen molar-refractivity contribution in [2.45, 2.75) is 31.1 Å². The molecule has 0 radical (unpaired) electrons. The first-order valence-electron chi connectivity index (χ1n) is 6.75. The van der Waals surface area contributed by atoms with E-state index in [4.69, 9.17) is 23.2 Å². The van der Waals surface area contributed by atoms with Gasteiger partial charge in [0.2, 0.25) is 11.8 Å². The predicted octanol–water partition coefficient (Wildman–Crippen LogP) is 2.62. The summed E-state index contributed by atoms with van der Waals surface area (Å²) in [7, 11) is 1.29. The van der Waals surface area contributed by atoms with Crippen molar-refractivity contribution in [2.75, 3.05) is 7.11 Å². The number of amides is 2. The molecule has 0 aromatic heterocycles. The molecule has 2 rings (SSSR count). The average Bonchev–Trinajstić information content (AvgIpc) is 2.49. The number of benzene rings is 1. The molecular weight excluding hydrogens is 329 g/mol. The summed E-state index contributed by atoms with van der Waals surface area (Å²) >= 11 is 12.0. The predicted molar refractivity (Wildman–Crippen MR) is 81.8 cm³/mol. The van der Waals surface area contributed by atoms with Crippen LogP contribution in [-0.4, -0.2) is 24.9 Å². The van der Waals surface area contributed by atoms with Crippen molar-refractivity contribution in [3.63, 3.8) is 0 Å². The van der Waals surface area contributed by atoms with E-state index < -0.39 is 17.3 Å². The minimum atomic E-state index is -0.990. The Labute approximate surface area is 137 Å². The van der Waals surface area contributed by atoms with Gasteiger partial charge in [-0.1, -0.05) is 29.3 Å². The van der Waals surface area contributed by atoms with E-state index in [1.807, 2.05) is 0 Å². The van der Waals surface area contributed by atoms with Gasteiger partial charge < -0.3 is 4.74 Å². The van der Waals surface area contributed by atoms with Crippen LogP contribution in [0.4, 0.5) is 0 Å². The molecule has 2 amide bonds. The van der Waals surface area contributed by atoms with E-state index >= 15 is 0 Å². The summed E-state index contributed by atoms with van der Waals surface area (Å²) in [5, 5.41) is 3.03. The molecule has 0 unspecified atom stereocenters. The molecule has 0 spiro atoms. The molecule has 1 fully saturated rings. The second-order valence-electron chi connectivity index (χ2n) is 5.16. The molecule has 1 saturated heterocycles. The molecule has 1 aromatic rings. The van der Waals surface area contributed by atoms with Crippen LogP contribution in [0.3, 0.4) is 0 Å². The zero-order chi connectivity index (χ0) is 16.3. The van der Waals surface area contributed by atoms with E-state index in [0.29, 0.717) is 22.0 Å². The molecule has 1 aliphatic rings. The number of halogens is 2. The van der Waals surface area contributed by atoms with Gasteiger partial charge in [0.05, 0.1) is 22.6 Å². The molecular formula is C15H15Cl2NO4. The number of esters is 1. The van der Waals surface area contributed by atoms with E-state index in [-0.39, 0.29) is 25.2 Å². The molecule has 22 heavy (non-hydrogen) atoms. The highest BCUT2D eigenvalue weighted by atomic mass is 35.5. The largest absolute Gasteiger partial charge is 0.469 e. The Kier molecular flexibility index (Phi) is 5.08. The van der Waals surface area contributed by atoms with Crippen LogP contribution < -0.4 is 5.32 Å². The molecule has 1 atom stereocenters. The normalized spacial score (nSPS) is 21.4. The first-order chi connectivity index (χ1) is 10.4. The number of piperidine rings is 1. The number of methoxy groups -OCH3 is 1. The lowest BCUT2D eigenvalue weighted by Crippen LogP contribution is -2.51. The third-order valence-corrected chi connectivity index (χ3v) is 4.66. The monoisotopic (exact) mass is 343 g/mol. The molecule has 1 heterocycles. The summed E-state index contributed by atoms with van der Waals surface area (Å²) in [4.78, 5) is 35.4. The summed E-state index contributed by atoms with van der Waals surface area (Å²) in [5.41, 5.74) is -0.355.